The third-order valence-electron chi connectivity index (χ3n) is 4.76. The number of carbonyl (C=O) groups excluding carboxylic acids is 1. The number of hydrogen-bond acceptors (Lipinski definition) is 4. The van der Waals surface area contributed by atoms with E-state index in [0.717, 1.165) is 18.7 Å². The van der Waals surface area contributed by atoms with Gasteiger partial charge in [0, 0.05) is 32.2 Å². The number of rotatable bonds is 2. The standard InChI is InChI=1S/C17H22ClN5O/c18-14-6-7-16(21-15(14)12-19)22-8-10-23(11-9-22)17(24)20-13-4-2-1-3-5-13/h6-7,13H,1-5,8-11H2,(H,20,24). The Kier molecular flexibility index (Phi) is 5.41. The number of halogens is 1. The molecule has 1 N–H and O–H groups in total. The van der Waals surface area contributed by atoms with Crippen LogP contribution in [0.5, 0.6) is 0 Å². The number of carbonyl (C=O) groups is 1. The fourth-order valence-electron chi connectivity index (χ4n) is 3.34. The van der Waals surface area contributed by atoms with Gasteiger partial charge in [-0.15, -0.1) is 0 Å². The minimum absolute atomic E-state index is 0.0447. The Morgan fingerprint density at radius 3 is 2.58 bits per heavy atom. The Morgan fingerprint density at radius 2 is 1.92 bits per heavy atom. The van der Waals surface area contributed by atoms with E-state index < -0.39 is 0 Å². The first kappa shape index (κ1) is 16.8. The van der Waals surface area contributed by atoms with Gasteiger partial charge in [0.25, 0.3) is 0 Å². The SMILES string of the molecule is N#Cc1nc(N2CCN(C(=O)NC3CCCCC3)CC2)ccc1Cl. The zero-order valence-corrected chi connectivity index (χ0v) is 14.4. The lowest BCUT2D eigenvalue weighted by molar-refractivity contribution is 0.186. The molecular formula is C17H22ClN5O. The molecule has 2 fully saturated rings. The maximum Gasteiger partial charge on any atom is 0.317 e. The smallest absolute Gasteiger partial charge is 0.317 e. The highest BCUT2D eigenvalue weighted by Gasteiger charge is 2.24. The summed E-state index contributed by atoms with van der Waals surface area (Å²) in [7, 11) is 0. The van der Waals surface area contributed by atoms with E-state index in [1.165, 1.54) is 19.3 Å². The quantitative estimate of drug-likeness (QED) is 0.892. The van der Waals surface area contributed by atoms with Crippen LogP contribution in [0.4, 0.5) is 10.6 Å². The van der Waals surface area contributed by atoms with Crippen molar-refractivity contribution in [1.82, 2.24) is 15.2 Å². The second kappa shape index (κ2) is 7.71. The van der Waals surface area contributed by atoms with Gasteiger partial charge in [0.15, 0.2) is 5.69 Å². The van der Waals surface area contributed by atoms with Gasteiger partial charge in [-0.3, -0.25) is 0 Å². The Morgan fingerprint density at radius 1 is 1.21 bits per heavy atom. The number of nitrogens with zero attached hydrogens (tertiary/aromatic N) is 4. The lowest BCUT2D eigenvalue weighted by atomic mass is 9.96. The van der Waals surface area contributed by atoms with E-state index in [1.54, 1.807) is 6.07 Å². The van der Waals surface area contributed by atoms with Crippen LogP contribution in [0.3, 0.4) is 0 Å². The number of nitriles is 1. The predicted molar refractivity (Wildman–Crippen MR) is 93.2 cm³/mol. The summed E-state index contributed by atoms with van der Waals surface area (Å²) < 4.78 is 0. The van der Waals surface area contributed by atoms with Crippen LogP contribution in [-0.4, -0.2) is 48.1 Å². The third kappa shape index (κ3) is 3.90. The summed E-state index contributed by atoms with van der Waals surface area (Å²) in [5, 5.41) is 12.6. The van der Waals surface area contributed by atoms with Crippen molar-refractivity contribution in [2.75, 3.05) is 31.1 Å². The molecule has 2 amide bonds. The average Bonchev–Trinajstić information content (AvgIpc) is 2.63. The van der Waals surface area contributed by atoms with Crippen LogP contribution < -0.4 is 10.2 Å². The highest BCUT2D eigenvalue weighted by Crippen LogP contribution is 2.21. The largest absolute Gasteiger partial charge is 0.353 e. The zero-order valence-electron chi connectivity index (χ0n) is 13.7. The van der Waals surface area contributed by atoms with Crippen LogP contribution in [0.15, 0.2) is 12.1 Å². The number of amides is 2. The van der Waals surface area contributed by atoms with Crippen molar-refractivity contribution in [2.24, 2.45) is 0 Å². The summed E-state index contributed by atoms with van der Waals surface area (Å²) >= 11 is 5.93. The molecule has 0 spiro atoms. The molecule has 6 nitrogen and oxygen atoms in total. The molecule has 3 rings (SSSR count). The first-order valence-electron chi connectivity index (χ1n) is 8.54. The van der Waals surface area contributed by atoms with E-state index in [2.05, 4.69) is 15.2 Å². The van der Waals surface area contributed by atoms with E-state index >= 15 is 0 Å². The minimum Gasteiger partial charge on any atom is -0.353 e. The van der Waals surface area contributed by atoms with Crippen molar-refractivity contribution < 1.29 is 4.79 Å². The molecular weight excluding hydrogens is 326 g/mol. The van der Waals surface area contributed by atoms with Crippen LogP contribution in [0.2, 0.25) is 5.02 Å². The van der Waals surface area contributed by atoms with Crippen LogP contribution in [0, 0.1) is 11.3 Å². The van der Waals surface area contributed by atoms with E-state index in [4.69, 9.17) is 16.9 Å². The summed E-state index contributed by atoms with van der Waals surface area (Å²) in [4.78, 5) is 20.6. The van der Waals surface area contributed by atoms with Gasteiger partial charge in [-0.2, -0.15) is 5.26 Å². The van der Waals surface area contributed by atoms with Crippen molar-refractivity contribution in [3.8, 4) is 6.07 Å². The first-order chi connectivity index (χ1) is 11.7. The number of piperazine rings is 1. The lowest BCUT2D eigenvalue weighted by Gasteiger charge is -2.36. The summed E-state index contributed by atoms with van der Waals surface area (Å²) in [6.45, 7) is 2.73. The van der Waals surface area contributed by atoms with E-state index in [-0.39, 0.29) is 11.7 Å². The van der Waals surface area contributed by atoms with Crippen LogP contribution in [-0.2, 0) is 0 Å². The molecule has 128 valence electrons. The maximum absolute atomic E-state index is 12.4. The van der Waals surface area contributed by atoms with Gasteiger partial charge in [0.05, 0.1) is 5.02 Å². The Bertz CT molecular complexity index is 630. The van der Waals surface area contributed by atoms with Gasteiger partial charge in [0.2, 0.25) is 0 Å². The van der Waals surface area contributed by atoms with E-state index in [0.29, 0.717) is 37.2 Å². The summed E-state index contributed by atoms with van der Waals surface area (Å²) in [5.41, 5.74) is 0.242. The second-order valence-corrected chi connectivity index (χ2v) is 6.78. The number of urea groups is 1. The fourth-order valence-corrected chi connectivity index (χ4v) is 3.49. The number of aromatic nitrogens is 1. The molecule has 0 atom stereocenters. The molecule has 7 heteroatoms. The molecule has 1 aliphatic carbocycles. The Hall–Kier alpha value is -2.00. The lowest BCUT2D eigenvalue weighted by Crippen LogP contribution is -2.53. The zero-order chi connectivity index (χ0) is 16.9. The third-order valence-corrected chi connectivity index (χ3v) is 5.07. The van der Waals surface area contributed by atoms with E-state index in [9.17, 15) is 4.79 Å². The predicted octanol–water partition coefficient (Wildman–Crippen LogP) is 2.77. The molecule has 0 unspecified atom stereocenters. The molecule has 1 saturated carbocycles. The van der Waals surface area contributed by atoms with Crippen molar-refractivity contribution in [2.45, 2.75) is 38.1 Å². The molecule has 0 bridgehead atoms. The number of nitrogens with one attached hydrogen (secondary N) is 1. The Labute approximate surface area is 147 Å². The van der Waals surface area contributed by atoms with Gasteiger partial charge >= 0.3 is 6.03 Å². The van der Waals surface area contributed by atoms with Gasteiger partial charge in [-0.1, -0.05) is 30.9 Å². The van der Waals surface area contributed by atoms with Gasteiger partial charge in [-0.05, 0) is 25.0 Å². The van der Waals surface area contributed by atoms with Crippen molar-refractivity contribution in [3.05, 3.63) is 22.8 Å². The highest BCUT2D eigenvalue weighted by molar-refractivity contribution is 6.31. The molecule has 1 aliphatic heterocycles. The van der Waals surface area contributed by atoms with Crippen LogP contribution in [0.1, 0.15) is 37.8 Å². The minimum atomic E-state index is 0.0447. The first-order valence-corrected chi connectivity index (χ1v) is 8.92. The molecule has 1 aromatic heterocycles. The van der Waals surface area contributed by atoms with Crippen LogP contribution >= 0.6 is 11.6 Å². The summed E-state index contributed by atoms with van der Waals surface area (Å²) in [6, 6.07) is 5.90. The number of pyridine rings is 1. The number of anilines is 1. The van der Waals surface area contributed by atoms with E-state index in [1.807, 2.05) is 17.0 Å². The van der Waals surface area contributed by atoms with Gasteiger partial charge < -0.3 is 15.1 Å². The molecule has 2 aliphatic rings. The number of hydrogen-bond donors (Lipinski definition) is 1. The molecule has 0 radical (unpaired) electrons. The second-order valence-electron chi connectivity index (χ2n) is 6.37. The molecule has 0 aromatic carbocycles. The molecule has 24 heavy (non-hydrogen) atoms. The molecule has 2 heterocycles. The molecule has 1 aromatic rings. The van der Waals surface area contributed by atoms with Gasteiger partial charge in [0.1, 0.15) is 11.9 Å². The monoisotopic (exact) mass is 347 g/mol. The Balaban J connectivity index is 1.53. The van der Waals surface area contributed by atoms with Crippen molar-refractivity contribution >= 4 is 23.4 Å². The average molecular weight is 348 g/mol. The topological polar surface area (TPSA) is 72.3 Å². The fraction of sp³-hybridized carbons (Fsp3) is 0.588. The van der Waals surface area contributed by atoms with Crippen molar-refractivity contribution in [3.63, 3.8) is 0 Å². The molecule has 1 saturated heterocycles. The summed E-state index contributed by atoms with van der Waals surface area (Å²) in [5.74, 6) is 0.739. The highest BCUT2D eigenvalue weighted by atomic mass is 35.5. The van der Waals surface area contributed by atoms with Gasteiger partial charge in [-0.25, -0.2) is 9.78 Å². The normalized spacial score (nSPS) is 19.0. The van der Waals surface area contributed by atoms with Crippen molar-refractivity contribution in [1.29, 1.82) is 5.26 Å². The maximum atomic E-state index is 12.4. The van der Waals surface area contributed by atoms with Crippen LogP contribution in [0.25, 0.3) is 0 Å². The summed E-state index contributed by atoms with van der Waals surface area (Å²) in [6.07, 6.45) is 5.89.